The van der Waals surface area contributed by atoms with Crippen molar-refractivity contribution >= 4 is 11.9 Å². The first-order valence-corrected chi connectivity index (χ1v) is 9.77. The first-order chi connectivity index (χ1) is 11.4. The van der Waals surface area contributed by atoms with Crippen LogP contribution in [0.4, 0.5) is 0 Å². The van der Waals surface area contributed by atoms with Gasteiger partial charge in [-0.2, -0.15) is 0 Å². The first kappa shape index (κ1) is 22.9. The highest BCUT2D eigenvalue weighted by molar-refractivity contribution is 5.82. The quantitative estimate of drug-likeness (QED) is 0.349. The van der Waals surface area contributed by atoms with Crippen LogP contribution in [0.3, 0.4) is 0 Å². The minimum Gasteiger partial charge on any atom is -0.465 e. The van der Waals surface area contributed by atoms with Gasteiger partial charge in [-0.25, -0.2) is 0 Å². The largest absolute Gasteiger partial charge is 0.465 e. The topological polar surface area (TPSA) is 52.6 Å². The van der Waals surface area contributed by atoms with Crippen molar-refractivity contribution in [2.45, 2.75) is 80.1 Å². The van der Waals surface area contributed by atoms with Crippen molar-refractivity contribution in [2.24, 2.45) is 23.7 Å². The lowest BCUT2D eigenvalue weighted by Gasteiger charge is -2.32. The molecule has 4 unspecified atom stereocenters. The SMILES string of the molecule is CCCCOC(=O)C(C(C)CC)C(C(=O)OCCCC)C(C)CC. The van der Waals surface area contributed by atoms with Gasteiger partial charge in [-0.05, 0) is 24.7 Å². The molecule has 4 atom stereocenters. The van der Waals surface area contributed by atoms with Crippen molar-refractivity contribution in [3.05, 3.63) is 0 Å². The summed E-state index contributed by atoms with van der Waals surface area (Å²) in [6.45, 7) is 13.1. The number of ether oxygens (including phenoxy) is 2. The van der Waals surface area contributed by atoms with Crippen molar-refractivity contribution in [2.75, 3.05) is 13.2 Å². The van der Waals surface area contributed by atoms with Crippen LogP contribution < -0.4 is 0 Å². The molecule has 0 heterocycles. The van der Waals surface area contributed by atoms with Gasteiger partial charge in [-0.3, -0.25) is 9.59 Å². The van der Waals surface area contributed by atoms with E-state index in [4.69, 9.17) is 9.47 Å². The lowest BCUT2D eigenvalue weighted by molar-refractivity contribution is -0.165. The normalized spacial score (nSPS) is 16.1. The Morgan fingerprint density at radius 3 is 1.29 bits per heavy atom. The van der Waals surface area contributed by atoms with E-state index >= 15 is 0 Å². The van der Waals surface area contributed by atoms with Crippen LogP contribution in [0.2, 0.25) is 0 Å². The van der Waals surface area contributed by atoms with Crippen molar-refractivity contribution in [1.82, 2.24) is 0 Å². The molecule has 4 heteroatoms. The summed E-state index contributed by atoms with van der Waals surface area (Å²) in [4.78, 5) is 25.4. The fraction of sp³-hybridized carbons (Fsp3) is 0.900. The third-order valence-electron chi connectivity index (χ3n) is 4.93. The third-order valence-corrected chi connectivity index (χ3v) is 4.93. The Balaban J connectivity index is 5.25. The van der Waals surface area contributed by atoms with Gasteiger partial charge in [-0.15, -0.1) is 0 Å². The van der Waals surface area contributed by atoms with E-state index in [1.165, 1.54) is 0 Å². The second-order valence-electron chi connectivity index (χ2n) is 6.86. The minimum atomic E-state index is -0.420. The van der Waals surface area contributed by atoms with Crippen molar-refractivity contribution in [3.63, 3.8) is 0 Å². The Bertz CT molecular complexity index is 320. The summed E-state index contributed by atoms with van der Waals surface area (Å²) in [7, 11) is 0. The van der Waals surface area contributed by atoms with E-state index in [2.05, 4.69) is 13.8 Å². The summed E-state index contributed by atoms with van der Waals surface area (Å²) in [6.07, 6.45) is 5.34. The summed E-state index contributed by atoms with van der Waals surface area (Å²) >= 11 is 0. The molecule has 0 aliphatic heterocycles. The van der Waals surface area contributed by atoms with E-state index in [1.807, 2.05) is 27.7 Å². The summed E-state index contributed by atoms with van der Waals surface area (Å²) in [5.74, 6) is -1.13. The summed E-state index contributed by atoms with van der Waals surface area (Å²) in [5.41, 5.74) is 0. The molecule has 24 heavy (non-hydrogen) atoms. The Kier molecular flexibility index (Phi) is 12.7. The minimum absolute atomic E-state index is 0.0943. The molecule has 0 aliphatic carbocycles. The maximum Gasteiger partial charge on any atom is 0.310 e. The third kappa shape index (κ3) is 7.67. The average Bonchev–Trinajstić information content (AvgIpc) is 2.58. The molecule has 0 saturated heterocycles. The molecule has 0 aromatic heterocycles. The molecule has 0 radical (unpaired) electrons. The van der Waals surface area contributed by atoms with E-state index in [-0.39, 0.29) is 23.8 Å². The number of hydrogen-bond acceptors (Lipinski definition) is 4. The highest BCUT2D eigenvalue weighted by Gasteiger charge is 2.41. The second-order valence-corrected chi connectivity index (χ2v) is 6.86. The standard InChI is InChI=1S/C20H38O4/c1-7-11-13-23-19(21)17(15(5)9-3)18(16(6)10-4)20(22)24-14-12-8-2/h15-18H,7-14H2,1-6H3. The molecular weight excluding hydrogens is 304 g/mol. The molecule has 0 spiro atoms. The van der Waals surface area contributed by atoms with Gasteiger partial charge >= 0.3 is 11.9 Å². The van der Waals surface area contributed by atoms with Gasteiger partial charge in [0.1, 0.15) is 0 Å². The van der Waals surface area contributed by atoms with Gasteiger partial charge in [0, 0.05) is 0 Å². The molecule has 0 amide bonds. The van der Waals surface area contributed by atoms with Gasteiger partial charge in [0.15, 0.2) is 0 Å². The fourth-order valence-electron chi connectivity index (χ4n) is 2.80. The molecule has 0 aromatic carbocycles. The smallest absolute Gasteiger partial charge is 0.310 e. The molecule has 0 aliphatic rings. The molecule has 0 aromatic rings. The summed E-state index contributed by atoms with van der Waals surface area (Å²) in [5, 5.41) is 0. The van der Waals surface area contributed by atoms with E-state index in [1.54, 1.807) is 0 Å². The first-order valence-electron chi connectivity index (χ1n) is 9.77. The molecule has 4 nitrogen and oxygen atoms in total. The van der Waals surface area contributed by atoms with Crippen molar-refractivity contribution in [3.8, 4) is 0 Å². The van der Waals surface area contributed by atoms with Crippen molar-refractivity contribution in [1.29, 1.82) is 0 Å². The van der Waals surface area contributed by atoms with E-state index in [9.17, 15) is 9.59 Å². The molecule has 0 N–H and O–H groups in total. The molecular formula is C20H38O4. The van der Waals surface area contributed by atoms with Crippen molar-refractivity contribution < 1.29 is 19.1 Å². The maximum atomic E-state index is 12.7. The Morgan fingerprint density at radius 1 is 0.708 bits per heavy atom. The maximum absolute atomic E-state index is 12.7. The van der Waals surface area contributed by atoms with Gasteiger partial charge < -0.3 is 9.47 Å². The number of hydrogen-bond donors (Lipinski definition) is 0. The van der Waals surface area contributed by atoms with E-state index < -0.39 is 11.8 Å². The van der Waals surface area contributed by atoms with Crippen LogP contribution in [0.15, 0.2) is 0 Å². The van der Waals surface area contributed by atoms with Crippen LogP contribution in [-0.4, -0.2) is 25.2 Å². The Hall–Kier alpha value is -1.06. The number of esters is 2. The molecule has 0 saturated carbocycles. The second kappa shape index (κ2) is 13.3. The highest BCUT2D eigenvalue weighted by atomic mass is 16.5. The lowest BCUT2D eigenvalue weighted by Crippen LogP contribution is -2.40. The number of unbranched alkanes of at least 4 members (excludes halogenated alkanes) is 2. The van der Waals surface area contributed by atoms with Gasteiger partial charge in [0.05, 0.1) is 25.0 Å². The summed E-state index contributed by atoms with van der Waals surface area (Å²) < 4.78 is 10.9. The average molecular weight is 343 g/mol. The van der Waals surface area contributed by atoms with Crippen LogP contribution >= 0.6 is 0 Å². The monoisotopic (exact) mass is 342 g/mol. The van der Waals surface area contributed by atoms with E-state index in [0.717, 1.165) is 38.5 Å². The van der Waals surface area contributed by atoms with Crippen LogP contribution in [-0.2, 0) is 19.1 Å². The number of carbonyl (C=O) groups is 2. The zero-order valence-electron chi connectivity index (χ0n) is 16.6. The Morgan fingerprint density at radius 2 is 1.04 bits per heavy atom. The van der Waals surface area contributed by atoms with Crippen LogP contribution in [0, 0.1) is 23.7 Å². The number of rotatable bonds is 13. The van der Waals surface area contributed by atoms with Gasteiger partial charge in [-0.1, -0.05) is 67.2 Å². The van der Waals surface area contributed by atoms with Crippen LogP contribution in [0.1, 0.15) is 80.1 Å². The lowest BCUT2D eigenvalue weighted by atomic mass is 9.74. The van der Waals surface area contributed by atoms with E-state index in [0.29, 0.717) is 13.2 Å². The number of carbonyl (C=O) groups excluding carboxylic acids is 2. The molecule has 0 fully saturated rings. The predicted molar refractivity (Wildman–Crippen MR) is 97.6 cm³/mol. The predicted octanol–water partition coefficient (Wildman–Crippen LogP) is 5.00. The Labute approximate surface area is 148 Å². The molecule has 142 valence electrons. The highest BCUT2D eigenvalue weighted by Crippen LogP contribution is 2.33. The molecule has 0 rings (SSSR count). The zero-order chi connectivity index (χ0) is 18.5. The van der Waals surface area contributed by atoms with Crippen LogP contribution in [0.5, 0.6) is 0 Å². The van der Waals surface area contributed by atoms with Gasteiger partial charge in [0.25, 0.3) is 0 Å². The fourth-order valence-corrected chi connectivity index (χ4v) is 2.80. The molecule has 0 bridgehead atoms. The van der Waals surface area contributed by atoms with Gasteiger partial charge in [0.2, 0.25) is 0 Å². The summed E-state index contributed by atoms with van der Waals surface area (Å²) in [6, 6.07) is 0. The zero-order valence-corrected chi connectivity index (χ0v) is 16.6. The van der Waals surface area contributed by atoms with Crippen LogP contribution in [0.25, 0.3) is 0 Å².